The second kappa shape index (κ2) is 13.3. The smallest absolute Gasteiger partial charge is 0.343 e. The molecule has 0 aromatic carbocycles. The van der Waals surface area contributed by atoms with Crippen LogP contribution in [0.3, 0.4) is 0 Å². The third-order valence-electron chi connectivity index (χ3n) is 2.55. The minimum Gasteiger partial charge on any atom is -0.343 e. The monoisotopic (exact) mass is 188 g/mol. The van der Waals surface area contributed by atoms with Crippen molar-refractivity contribution >= 4 is 0 Å². The molecule has 1 atom stereocenters. The first-order chi connectivity index (χ1) is 6.31. The van der Waals surface area contributed by atoms with Gasteiger partial charge in [0.1, 0.15) is 0 Å². The van der Waals surface area contributed by atoms with Crippen molar-refractivity contribution in [2.75, 3.05) is 0 Å². The topological polar surface area (TPSA) is 0 Å². The molecule has 0 saturated heterocycles. The van der Waals surface area contributed by atoms with E-state index in [1.165, 1.54) is 32.1 Å². The summed E-state index contributed by atoms with van der Waals surface area (Å²) in [6, 6.07) is 0. The van der Waals surface area contributed by atoms with Crippen molar-refractivity contribution in [2.45, 2.75) is 58.8 Å². The van der Waals surface area contributed by atoms with Gasteiger partial charge in [-0.3, -0.25) is 0 Å². The fraction of sp³-hybridized carbons (Fsp3) is 0.769. The Morgan fingerprint density at radius 1 is 1.14 bits per heavy atom. The minimum atomic E-state index is 0. The summed E-state index contributed by atoms with van der Waals surface area (Å²) in [5, 5.41) is 0. The van der Waals surface area contributed by atoms with Gasteiger partial charge in [-0.25, -0.2) is 0 Å². The molecule has 0 aromatic rings. The van der Waals surface area contributed by atoms with Crippen molar-refractivity contribution in [2.24, 2.45) is 5.92 Å². The second-order valence-corrected chi connectivity index (χ2v) is 3.91. The van der Waals surface area contributed by atoms with Crippen LogP contribution in [0.5, 0.6) is 0 Å². The zero-order valence-corrected chi connectivity index (χ0v) is 10.4. The molecule has 78 valence electrons. The van der Waals surface area contributed by atoms with E-state index in [4.69, 9.17) is 0 Å². The van der Waals surface area contributed by atoms with Gasteiger partial charge in [-0.2, -0.15) is 6.42 Å². The van der Waals surface area contributed by atoms with Gasteiger partial charge in [0, 0.05) is 0 Å². The van der Waals surface area contributed by atoms with Crippen molar-refractivity contribution in [1.29, 1.82) is 0 Å². The van der Waals surface area contributed by atoms with Crippen molar-refractivity contribution < 1.29 is 18.9 Å². The van der Waals surface area contributed by atoms with Crippen molar-refractivity contribution in [3.8, 4) is 0 Å². The van der Waals surface area contributed by atoms with Crippen LogP contribution in [0, 0.1) is 12.8 Å². The van der Waals surface area contributed by atoms with E-state index in [2.05, 4.69) is 32.9 Å². The van der Waals surface area contributed by atoms with E-state index >= 15 is 0 Å². The van der Waals surface area contributed by atoms with Crippen LogP contribution in [0.15, 0.2) is 12.2 Å². The Morgan fingerprint density at radius 3 is 2.36 bits per heavy atom. The summed E-state index contributed by atoms with van der Waals surface area (Å²) in [6.07, 6.45) is 13.5. The third-order valence-corrected chi connectivity index (χ3v) is 2.55. The SMILES string of the molecule is [CH2-]CC/C=C/CCCCC(C)CC.[Li+]. The molecule has 1 heteroatoms. The van der Waals surface area contributed by atoms with E-state index < -0.39 is 0 Å². The molecular weight excluding hydrogens is 163 g/mol. The van der Waals surface area contributed by atoms with Gasteiger partial charge >= 0.3 is 18.9 Å². The van der Waals surface area contributed by atoms with Crippen LogP contribution in [0.2, 0.25) is 0 Å². The van der Waals surface area contributed by atoms with Crippen LogP contribution in [0.1, 0.15) is 58.8 Å². The maximum absolute atomic E-state index is 3.80. The van der Waals surface area contributed by atoms with E-state index in [-0.39, 0.29) is 18.9 Å². The molecule has 0 rings (SSSR count). The summed E-state index contributed by atoms with van der Waals surface area (Å²) >= 11 is 0. The van der Waals surface area contributed by atoms with E-state index in [0.717, 1.165) is 18.8 Å². The Kier molecular flexibility index (Phi) is 16.0. The molecule has 0 bridgehead atoms. The van der Waals surface area contributed by atoms with Crippen LogP contribution < -0.4 is 18.9 Å². The van der Waals surface area contributed by atoms with Gasteiger partial charge in [0.15, 0.2) is 0 Å². The molecule has 0 N–H and O–H groups in total. The minimum absolute atomic E-state index is 0. The number of allylic oxidation sites excluding steroid dienone is 2. The number of rotatable bonds is 8. The van der Waals surface area contributed by atoms with Gasteiger partial charge in [-0.05, 0) is 18.8 Å². The van der Waals surface area contributed by atoms with Gasteiger partial charge in [-0.1, -0.05) is 51.7 Å². The van der Waals surface area contributed by atoms with E-state index in [0.29, 0.717) is 0 Å². The van der Waals surface area contributed by atoms with Gasteiger partial charge in [0.25, 0.3) is 0 Å². The molecule has 0 heterocycles. The average molecular weight is 188 g/mol. The summed E-state index contributed by atoms with van der Waals surface area (Å²) in [5.41, 5.74) is 0. The predicted molar refractivity (Wildman–Crippen MR) is 61.7 cm³/mol. The van der Waals surface area contributed by atoms with Crippen LogP contribution in [0.4, 0.5) is 0 Å². The molecular formula is C13H25Li. The van der Waals surface area contributed by atoms with Gasteiger partial charge in [0.2, 0.25) is 0 Å². The van der Waals surface area contributed by atoms with Crippen molar-refractivity contribution in [3.05, 3.63) is 19.1 Å². The Labute approximate surface area is 103 Å². The van der Waals surface area contributed by atoms with Gasteiger partial charge < -0.3 is 6.92 Å². The van der Waals surface area contributed by atoms with Crippen LogP contribution >= 0.6 is 0 Å². The zero-order chi connectivity index (χ0) is 9.94. The van der Waals surface area contributed by atoms with E-state index in [1.807, 2.05) is 0 Å². The maximum atomic E-state index is 3.80. The van der Waals surface area contributed by atoms with Crippen LogP contribution in [-0.4, -0.2) is 0 Å². The molecule has 0 radical (unpaired) electrons. The summed E-state index contributed by atoms with van der Waals surface area (Å²) in [4.78, 5) is 0. The summed E-state index contributed by atoms with van der Waals surface area (Å²) in [7, 11) is 0. The Balaban J connectivity index is 0. The molecule has 1 unspecified atom stereocenters. The van der Waals surface area contributed by atoms with Crippen LogP contribution in [-0.2, 0) is 0 Å². The first kappa shape index (κ1) is 16.8. The fourth-order valence-corrected chi connectivity index (χ4v) is 1.31. The number of unbranched alkanes of at least 4 members (excludes halogenated alkanes) is 3. The molecule has 0 nitrogen and oxygen atoms in total. The van der Waals surface area contributed by atoms with Gasteiger partial charge in [-0.15, -0.1) is 0 Å². The first-order valence-electron chi connectivity index (χ1n) is 5.75. The number of hydrogen-bond donors (Lipinski definition) is 0. The van der Waals surface area contributed by atoms with Crippen molar-refractivity contribution in [3.63, 3.8) is 0 Å². The molecule has 0 amide bonds. The normalized spacial score (nSPS) is 12.8. The fourth-order valence-electron chi connectivity index (χ4n) is 1.31. The molecule has 0 aliphatic rings. The molecule has 0 saturated carbocycles. The quantitative estimate of drug-likeness (QED) is 0.236. The first-order valence-corrected chi connectivity index (χ1v) is 5.75. The van der Waals surface area contributed by atoms with E-state index in [9.17, 15) is 0 Å². The molecule has 0 aliphatic carbocycles. The van der Waals surface area contributed by atoms with E-state index in [1.54, 1.807) is 0 Å². The summed E-state index contributed by atoms with van der Waals surface area (Å²) in [5.74, 6) is 0.920. The predicted octanol–water partition coefficient (Wildman–Crippen LogP) is 1.77. The Hall–Kier alpha value is 0.337. The molecule has 0 aromatic heterocycles. The maximum Gasteiger partial charge on any atom is 1.00 e. The summed E-state index contributed by atoms with van der Waals surface area (Å²) < 4.78 is 0. The Morgan fingerprint density at radius 2 is 1.79 bits per heavy atom. The standard InChI is InChI=1S/C13H25.Li/c1-4-6-7-8-9-10-11-12-13(3)5-2;/h7-8,13H,1,4-6,9-12H2,2-3H3;/q-1;+1/b8-7+;. The molecule has 0 aliphatic heterocycles. The Bertz CT molecular complexity index is 118. The molecule has 0 spiro atoms. The number of hydrogen-bond acceptors (Lipinski definition) is 0. The molecule has 14 heavy (non-hydrogen) atoms. The second-order valence-electron chi connectivity index (χ2n) is 3.91. The summed E-state index contributed by atoms with van der Waals surface area (Å²) in [6.45, 7) is 8.43. The molecule has 0 fully saturated rings. The average Bonchev–Trinajstić information content (AvgIpc) is 2.16. The largest absolute Gasteiger partial charge is 1.00 e. The van der Waals surface area contributed by atoms with Crippen molar-refractivity contribution in [1.82, 2.24) is 0 Å². The third kappa shape index (κ3) is 12.3. The zero-order valence-electron chi connectivity index (χ0n) is 10.4. The van der Waals surface area contributed by atoms with Crippen LogP contribution in [0.25, 0.3) is 0 Å². The van der Waals surface area contributed by atoms with Gasteiger partial charge in [0.05, 0.1) is 0 Å².